The van der Waals surface area contributed by atoms with Gasteiger partial charge in [-0.15, -0.1) is 24.0 Å². The molecule has 0 spiro atoms. The van der Waals surface area contributed by atoms with E-state index < -0.39 is 5.41 Å². The van der Waals surface area contributed by atoms with E-state index in [1.54, 1.807) is 7.05 Å². The number of hydrogen-bond donors (Lipinski definition) is 3. The van der Waals surface area contributed by atoms with Crippen molar-refractivity contribution in [2.24, 2.45) is 16.3 Å². The molecule has 0 aliphatic heterocycles. The highest BCUT2D eigenvalue weighted by atomic mass is 127. The maximum Gasteiger partial charge on any atom is 0.227 e. The number of halogens is 1. The number of amides is 1. The summed E-state index contributed by atoms with van der Waals surface area (Å²) in [6.45, 7) is 13.7. The van der Waals surface area contributed by atoms with Crippen LogP contribution in [-0.4, -0.2) is 38.0 Å². The van der Waals surface area contributed by atoms with Crippen LogP contribution in [0.5, 0.6) is 0 Å². The quantitative estimate of drug-likeness (QED) is 0.318. The number of carbonyl (C=O) groups excluding carboxylic acids is 1. The molecule has 6 heteroatoms. The number of rotatable bonds is 8. The molecule has 0 bridgehead atoms. The summed E-state index contributed by atoms with van der Waals surface area (Å²) in [6.07, 6.45) is 2.30. The molecule has 0 rings (SSSR count). The molecule has 0 aromatic carbocycles. The van der Waals surface area contributed by atoms with Crippen LogP contribution in [0.15, 0.2) is 4.99 Å². The van der Waals surface area contributed by atoms with Crippen molar-refractivity contribution in [3.8, 4) is 0 Å². The predicted molar refractivity (Wildman–Crippen MR) is 106 cm³/mol. The van der Waals surface area contributed by atoms with Gasteiger partial charge in [0.25, 0.3) is 0 Å². The van der Waals surface area contributed by atoms with Gasteiger partial charge in [-0.05, 0) is 46.5 Å². The smallest absolute Gasteiger partial charge is 0.227 e. The Labute approximate surface area is 153 Å². The minimum Gasteiger partial charge on any atom is -0.359 e. The van der Waals surface area contributed by atoms with E-state index >= 15 is 0 Å². The Bertz CT molecular complexity index is 343. The standard InChI is InChI=1S/C16H34N4O.HI/c1-8-18-15(20-13(4)10-9-12(2)3)19-11-16(5,6)14(21)17-7;/h12-13H,8-11H2,1-7H3,(H,17,21)(H2,18,19,20);1H. The molecule has 0 aliphatic rings. The van der Waals surface area contributed by atoms with E-state index in [2.05, 4.69) is 41.7 Å². The van der Waals surface area contributed by atoms with E-state index in [-0.39, 0.29) is 29.9 Å². The van der Waals surface area contributed by atoms with Gasteiger partial charge in [0, 0.05) is 19.6 Å². The molecule has 22 heavy (non-hydrogen) atoms. The Kier molecular flexibility index (Phi) is 12.9. The Morgan fingerprint density at radius 1 is 1.18 bits per heavy atom. The molecule has 0 aliphatic carbocycles. The molecule has 0 heterocycles. The van der Waals surface area contributed by atoms with Crippen molar-refractivity contribution in [2.75, 3.05) is 20.1 Å². The molecule has 0 saturated heterocycles. The lowest BCUT2D eigenvalue weighted by atomic mass is 9.93. The van der Waals surface area contributed by atoms with Crippen LogP contribution in [0.2, 0.25) is 0 Å². The van der Waals surface area contributed by atoms with Crippen LogP contribution in [0.3, 0.4) is 0 Å². The van der Waals surface area contributed by atoms with Gasteiger partial charge in [-0.3, -0.25) is 9.79 Å². The lowest BCUT2D eigenvalue weighted by Crippen LogP contribution is -2.44. The van der Waals surface area contributed by atoms with Gasteiger partial charge >= 0.3 is 0 Å². The number of carbonyl (C=O) groups is 1. The number of hydrogen-bond acceptors (Lipinski definition) is 2. The molecule has 0 aromatic heterocycles. The third-order valence-electron chi connectivity index (χ3n) is 3.38. The van der Waals surface area contributed by atoms with E-state index in [9.17, 15) is 4.79 Å². The molecule has 0 fully saturated rings. The van der Waals surface area contributed by atoms with Gasteiger partial charge in [0.2, 0.25) is 5.91 Å². The molecule has 5 nitrogen and oxygen atoms in total. The van der Waals surface area contributed by atoms with Gasteiger partial charge in [0.05, 0.1) is 12.0 Å². The van der Waals surface area contributed by atoms with Crippen molar-refractivity contribution in [1.82, 2.24) is 16.0 Å². The van der Waals surface area contributed by atoms with Gasteiger partial charge < -0.3 is 16.0 Å². The molecule has 132 valence electrons. The minimum absolute atomic E-state index is 0. The fourth-order valence-electron chi connectivity index (χ4n) is 1.90. The zero-order chi connectivity index (χ0) is 16.5. The van der Waals surface area contributed by atoms with Gasteiger partial charge in [-0.2, -0.15) is 0 Å². The lowest BCUT2D eigenvalue weighted by molar-refractivity contribution is -0.128. The maximum absolute atomic E-state index is 11.8. The molecular weight excluding hydrogens is 391 g/mol. The summed E-state index contributed by atoms with van der Waals surface area (Å²) in [7, 11) is 1.66. The summed E-state index contributed by atoms with van der Waals surface area (Å²) >= 11 is 0. The van der Waals surface area contributed by atoms with Gasteiger partial charge in [0.1, 0.15) is 0 Å². The first kappa shape index (κ1) is 23.7. The van der Waals surface area contributed by atoms with Crippen LogP contribution in [0.1, 0.15) is 54.4 Å². The maximum atomic E-state index is 11.8. The van der Waals surface area contributed by atoms with Crippen LogP contribution in [0.25, 0.3) is 0 Å². The molecule has 1 amide bonds. The average Bonchev–Trinajstić information content (AvgIpc) is 2.41. The largest absolute Gasteiger partial charge is 0.359 e. The summed E-state index contributed by atoms with van der Waals surface area (Å²) in [5.41, 5.74) is -0.502. The Hall–Kier alpha value is -0.530. The van der Waals surface area contributed by atoms with E-state index in [1.165, 1.54) is 6.42 Å². The van der Waals surface area contributed by atoms with E-state index in [0.717, 1.165) is 18.9 Å². The summed E-state index contributed by atoms with van der Waals surface area (Å²) in [6, 6.07) is 0.369. The normalized spacial score (nSPS) is 13.4. The number of aliphatic imine (C=N–C) groups is 1. The first-order valence-electron chi connectivity index (χ1n) is 8.00. The van der Waals surface area contributed by atoms with E-state index in [0.29, 0.717) is 18.5 Å². The molecule has 1 atom stereocenters. The van der Waals surface area contributed by atoms with Gasteiger partial charge in [-0.1, -0.05) is 13.8 Å². The topological polar surface area (TPSA) is 65.5 Å². The molecule has 0 radical (unpaired) electrons. The SMILES string of the molecule is CCNC(=NCC(C)(C)C(=O)NC)NC(C)CCC(C)C.I. The summed E-state index contributed by atoms with van der Waals surface area (Å²) in [5.74, 6) is 1.50. The third kappa shape index (κ3) is 10.2. The second-order valence-corrected chi connectivity index (χ2v) is 6.67. The molecular formula is C16H35IN4O. The van der Waals surface area contributed by atoms with Crippen molar-refractivity contribution in [3.63, 3.8) is 0 Å². The van der Waals surface area contributed by atoms with Gasteiger partial charge in [0.15, 0.2) is 5.96 Å². The highest BCUT2D eigenvalue weighted by Crippen LogP contribution is 2.15. The zero-order valence-electron chi connectivity index (χ0n) is 15.2. The highest BCUT2D eigenvalue weighted by Gasteiger charge is 2.26. The fourth-order valence-corrected chi connectivity index (χ4v) is 1.90. The minimum atomic E-state index is -0.502. The number of nitrogens with one attached hydrogen (secondary N) is 3. The van der Waals surface area contributed by atoms with Crippen molar-refractivity contribution >= 4 is 35.8 Å². The highest BCUT2D eigenvalue weighted by molar-refractivity contribution is 14.0. The Balaban J connectivity index is 0. The summed E-state index contributed by atoms with van der Waals surface area (Å²) in [5, 5.41) is 9.33. The molecule has 0 saturated carbocycles. The monoisotopic (exact) mass is 426 g/mol. The predicted octanol–water partition coefficient (Wildman–Crippen LogP) is 2.76. The summed E-state index contributed by atoms with van der Waals surface area (Å²) < 4.78 is 0. The van der Waals surface area contributed by atoms with E-state index in [4.69, 9.17) is 0 Å². The van der Waals surface area contributed by atoms with Crippen LogP contribution in [-0.2, 0) is 4.79 Å². The van der Waals surface area contributed by atoms with Gasteiger partial charge in [-0.25, -0.2) is 0 Å². The van der Waals surface area contributed by atoms with Crippen molar-refractivity contribution in [1.29, 1.82) is 0 Å². The van der Waals surface area contributed by atoms with Crippen molar-refractivity contribution < 1.29 is 4.79 Å². The number of nitrogens with zero attached hydrogens (tertiary/aromatic N) is 1. The molecule has 1 unspecified atom stereocenters. The van der Waals surface area contributed by atoms with Crippen molar-refractivity contribution in [3.05, 3.63) is 0 Å². The van der Waals surface area contributed by atoms with E-state index in [1.807, 2.05) is 20.8 Å². The first-order valence-corrected chi connectivity index (χ1v) is 8.00. The summed E-state index contributed by atoms with van der Waals surface area (Å²) in [4.78, 5) is 16.3. The molecule has 0 aromatic rings. The lowest BCUT2D eigenvalue weighted by Gasteiger charge is -2.22. The Morgan fingerprint density at radius 3 is 2.23 bits per heavy atom. The van der Waals surface area contributed by atoms with Crippen LogP contribution in [0.4, 0.5) is 0 Å². The van der Waals surface area contributed by atoms with Crippen LogP contribution in [0, 0.1) is 11.3 Å². The molecule has 3 N–H and O–H groups in total. The fraction of sp³-hybridized carbons (Fsp3) is 0.875. The van der Waals surface area contributed by atoms with Crippen molar-refractivity contribution in [2.45, 2.75) is 60.4 Å². The zero-order valence-corrected chi connectivity index (χ0v) is 17.6. The Morgan fingerprint density at radius 2 is 1.77 bits per heavy atom. The van der Waals surface area contributed by atoms with Crippen LogP contribution >= 0.6 is 24.0 Å². The van der Waals surface area contributed by atoms with Crippen LogP contribution < -0.4 is 16.0 Å². The second kappa shape index (κ2) is 12.0. The first-order chi connectivity index (χ1) is 9.72. The second-order valence-electron chi connectivity index (χ2n) is 6.67. The average molecular weight is 426 g/mol. The third-order valence-corrected chi connectivity index (χ3v) is 3.38. The number of guanidine groups is 1.